The second-order valence-corrected chi connectivity index (χ2v) is 6.59. The molecule has 0 spiro atoms. The summed E-state index contributed by atoms with van der Waals surface area (Å²) in [6.45, 7) is 11.3. The van der Waals surface area contributed by atoms with Crippen LogP contribution in [0.3, 0.4) is 0 Å². The van der Waals surface area contributed by atoms with E-state index in [2.05, 4.69) is 60.0 Å². The number of hydrogen-bond acceptors (Lipinski definition) is 3. The van der Waals surface area contributed by atoms with Crippen molar-refractivity contribution in [2.24, 2.45) is 11.8 Å². The predicted octanol–water partition coefficient (Wildman–Crippen LogP) is 4.01. The first-order chi connectivity index (χ1) is 8.99. The zero-order valence-electron chi connectivity index (χ0n) is 12.4. The minimum atomic E-state index is 0.644. The van der Waals surface area contributed by atoms with Gasteiger partial charge in [-0.05, 0) is 46.8 Å². The maximum atomic E-state index is 5.79. The summed E-state index contributed by atoms with van der Waals surface area (Å²) in [6, 6.07) is 2.07. The number of rotatable bonds is 8. The van der Waals surface area contributed by atoms with Gasteiger partial charge in [-0.1, -0.05) is 27.7 Å². The summed E-state index contributed by atoms with van der Waals surface area (Å²) in [7, 11) is 0. The van der Waals surface area contributed by atoms with E-state index < -0.39 is 0 Å². The molecule has 0 aliphatic carbocycles. The maximum Gasteiger partial charge on any atom is 0.217 e. The van der Waals surface area contributed by atoms with Crippen LogP contribution in [0.4, 0.5) is 0 Å². The second-order valence-electron chi connectivity index (χ2n) is 5.67. The van der Waals surface area contributed by atoms with Gasteiger partial charge < -0.3 is 10.1 Å². The molecule has 0 radical (unpaired) electrons. The molecule has 0 fully saturated rings. The molecule has 108 valence electrons. The number of ether oxygens (including phenoxy) is 1. The Morgan fingerprint density at radius 1 is 1.26 bits per heavy atom. The number of nitrogens with zero attached hydrogens (tertiary/aromatic N) is 1. The first-order valence-corrected chi connectivity index (χ1v) is 7.76. The van der Waals surface area contributed by atoms with Gasteiger partial charge in [0.1, 0.15) is 0 Å². The molecule has 0 amide bonds. The van der Waals surface area contributed by atoms with Crippen molar-refractivity contribution in [3.8, 4) is 5.88 Å². The maximum absolute atomic E-state index is 5.79. The van der Waals surface area contributed by atoms with Crippen LogP contribution in [0.1, 0.15) is 39.7 Å². The van der Waals surface area contributed by atoms with Crippen LogP contribution < -0.4 is 10.1 Å². The molecule has 1 N–H and O–H groups in total. The molecular formula is C15H25BrN2O. The van der Waals surface area contributed by atoms with E-state index in [9.17, 15) is 0 Å². The Bertz CT molecular complexity index is 380. The lowest BCUT2D eigenvalue weighted by Gasteiger charge is -2.13. The molecule has 4 heteroatoms. The molecule has 1 aromatic rings. The number of aromatic nitrogens is 1. The van der Waals surface area contributed by atoms with E-state index in [1.807, 2.05) is 0 Å². The normalized spacial score (nSPS) is 11.3. The van der Waals surface area contributed by atoms with Gasteiger partial charge in [0.2, 0.25) is 5.88 Å². The summed E-state index contributed by atoms with van der Waals surface area (Å²) >= 11 is 3.46. The van der Waals surface area contributed by atoms with Crippen LogP contribution in [0.15, 0.2) is 16.7 Å². The van der Waals surface area contributed by atoms with Crippen LogP contribution in [0.25, 0.3) is 0 Å². The fourth-order valence-corrected chi connectivity index (χ4v) is 1.99. The van der Waals surface area contributed by atoms with E-state index >= 15 is 0 Å². The van der Waals surface area contributed by atoms with Crippen molar-refractivity contribution in [2.45, 2.75) is 40.7 Å². The monoisotopic (exact) mass is 328 g/mol. The van der Waals surface area contributed by atoms with Gasteiger partial charge in [0.15, 0.2) is 0 Å². The highest BCUT2D eigenvalue weighted by atomic mass is 79.9. The molecule has 0 bridgehead atoms. The number of pyridine rings is 1. The van der Waals surface area contributed by atoms with Gasteiger partial charge in [-0.25, -0.2) is 4.98 Å². The van der Waals surface area contributed by atoms with Crippen molar-refractivity contribution < 1.29 is 4.74 Å². The van der Waals surface area contributed by atoms with Crippen LogP contribution >= 0.6 is 15.9 Å². The molecule has 0 saturated heterocycles. The average Bonchev–Trinajstić information content (AvgIpc) is 2.31. The van der Waals surface area contributed by atoms with Crippen LogP contribution in [0.5, 0.6) is 5.88 Å². The summed E-state index contributed by atoms with van der Waals surface area (Å²) in [4.78, 5) is 4.36. The van der Waals surface area contributed by atoms with Crippen LogP contribution in [0.2, 0.25) is 0 Å². The summed E-state index contributed by atoms with van der Waals surface area (Å²) in [5.41, 5.74) is 1.11. The van der Waals surface area contributed by atoms with Crippen LogP contribution in [-0.4, -0.2) is 18.1 Å². The Hall–Kier alpha value is -0.610. The lowest BCUT2D eigenvalue weighted by molar-refractivity contribution is 0.275. The minimum absolute atomic E-state index is 0.644. The van der Waals surface area contributed by atoms with Gasteiger partial charge in [0.05, 0.1) is 6.61 Å². The lowest BCUT2D eigenvalue weighted by atomic mass is 10.1. The molecule has 3 nitrogen and oxygen atoms in total. The largest absolute Gasteiger partial charge is 0.477 e. The summed E-state index contributed by atoms with van der Waals surface area (Å²) in [5, 5.41) is 3.43. The first kappa shape index (κ1) is 16.4. The van der Waals surface area contributed by atoms with Gasteiger partial charge in [-0.15, -0.1) is 0 Å². The van der Waals surface area contributed by atoms with Gasteiger partial charge in [-0.3, -0.25) is 0 Å². The molecule has 0 atom stereocenters. The average molecular weight is 329 g/mol. The van der Waals surface area contributed by atoms with Gasteiger partial charge in [0, 0.05) is 22.8 Å². The highest BCUT2D eigenvalue weighted by Gasteiger charge is 2.07. The molecule has 0 saturated carbocycles. The highest BCUT2D eigenvalue weighted by Crippen LogP contribution is 2.20. The Kier molecular flexibility index (Phi) is 7.39. The fraction of sp³-hybridized carbons (Fsp3) is 0.667. The van der Waals surface area contributed by atoms with E-state index in [4.69, 9.17) is 4.74 Å². The van der Waals surface area contributed by atoms with Crippen LogP contribution in [-0.2, 0) is 6.54 Å². The van der Waals surface area contributed by atoms with Crippen molar-refractivity contribution in [1.82, 2.24) is 10.3 Å². The summed E-state index contributed by atoms with van der Waals surface area (Å²) in [5.74, 6) is 2.04. The molecule has 1 heterocycles. The van der Waals surface area contributed by atoms with Gasteiger partial charge in [-0.2, -0.15) is 0 Å². The van der Waals surface area contributed by atoms with E-state index in [-0.39, 0.29) is 0 Å². The zero-order valence-corrected chi connectivity index (χ0v) is 14.0. The van der Waals surface area contributed by atoms with Gasteiger partial charge >= 0.3 is 0 Å². The highest BCUT2D eigenvalue weighted by molar-refractivity contribution is 9.10. The van der Waals surface area contributed by atoms with E-state index in [0.717, 1.165) is 42.0 Å². The molecular weight excluding hydrogens is 304 g/mol. The van der Waals surface area contributed by atoms with Crippen molar-refractivity contribution in [1.29, 1.82) is 0 Å². The molecule has 0 unspecified atom stereocenters. The first-order valence-electron chi connectivity index (χ1n) is 6.97. The van der Waals surface area contributed by atoms with E-state index in [0.29, 0.717) is 11.8 Å². The Balaban J connectivity index is 2.58. The molecule has 0 aromatic carbocycles. The predicted molar refractivity (Wildman–Crippen MR) is 83.4 cm³/mol. The Labute approximate surface area is 125 Å². The van der Waals surface area contributed by atoms with Crippen molar-refractivity contribution >= 4 is 15.9 Å². The van der Waals surface area contributed by atoms with Crippen molar-refractivity contribution in [2.75, 3.05) is 13.2 Å². The molecule has 1 aromatic heterocycles. The van der Waals surface area contributed by atoms with E-state index in [1.54, 1.807) is 6.20 Å². The fourth-order valence-electron chi connectivity index (χ4n) is 1.61. The topological polar surface area (TPSA) is 34.1 Å². The molecule has 1 rings (SSSR count). The van der Waals surface area contributed by atoms with Crippen molar-refractivity contribution in [3.63, 3.8) is 0 Å². The minimum Gasteiger partial charge on any atom is -0.477 e. The van der Waals surface area contributed by atoms with Crippen LogP contribution in [0, 0.1) is 11.8 Å². The standard InChI is InChI=1S/C15H25BrN2O/c1-11(2)5-6-19-15-13(7-14(16)10-18-15)9-17-8-12(3)4/h7,10-12,17H,5-6,8-9H2,1-4H3. The third-order valence-corrected chi connectivity index (χ3v) is 3.13. The SMILES string of the molecule is CC(C)CCOc1ncc(Br)cc1CNCC(C)C. The van der Waals surface area contributed by atoms with Gasteiger partial charge in [0.25, 0.3) is 0 Å². The number of hydrogen-bond donors (Lipinski definition) is 1. The van der Waals surface area contributed by atoms with Crippen molar-refractivity contribution in [3.05, 3.63) is 22.3 Å². The smallest absolute Gasteiger partial charge is 0.217 e. The summed E-state index contributed by atoms with van der Waals surface area (Å²) < 4.78 is 6.78. The third-order valence-electron chi connectivity index (χ3n) is 2.69. The second kappa shape index (κ2) is 8.54. The third kappa shape index (κ3) is 6.92. The number of nitrogens with one attached hydrogen (secondary N) is 1. The zero-order chi connectivity index (χ0) is 14.3. The molecule has 0 aliphatic heterocycles. The van der Waals surface area contributed by atoms with E-state index in [1.165, 1.54) is 0 Å². The Morgan fingerprint density at radius 3 is 2.63 bits per heavy atom. The number of halogens is 1. The summed E-state index contributed by atoms with van der Waals surface area (Å²) in [6.07, 6.45) is 2.84. The quantitative estimate of drug-likeness (QED) is 0.782. The Morgan fingerprint density at radius 2 is 2.00 bits per heavy atom. The molecule has 19 heavy (non-hydrogen) atoms. The lowest BCUT2D eigenvalue weighted by Crippen LogP contribution is -2.19. The molecule has 0 aliphatic rings.